The van der Waals surface area contributed by atoms with E-state index >= 15 is 4.39 Å². The van der Waals surface area contributed by atoms with E-state index in [-0.39, 0.29) is 37.1 Å². The van der Waals surface area contributed by atoms with Gasteiger partial charge in [-0.05, 0) is 18.6 Å². The number of amides is 3. The summed E-state index contributed by atoms with van der Waals surface area (Å²) in [5.41, 5.74) is 3.24. The van der Waals surface area contributed by atoms with E-state index < -0.39 is 11.9 Å². The van der Waals surface area contributed by atoms with Crippen LogP contribution in [0.1, 0.15) is 39.9 Å². The second-order valence-corrected chi connectivity index (χ2v) is 8.86. The van der Waals surface area contributed by atoms with Gasteiger partial charge in [0.1, 0.15) is 11.9 Å². The number of halogens is 1. The number of nitrogens with one attached hydrogen (secondary N) is 2. The number of benzene rings is 2. The van der Waals surface area contributed by atoms with Crippen LogP contribution in [0, 0.1) is 5.82 Å². The largest absolute Gasteiger partial charge is 0.381 e. The van der Waals surface area contributed by atoms with Gasteiger partial charge in [-0.25, -0.2) is 4.39 Å². The lowest BCUT2D eigenvalue weighted by atomic mass is 10.0. The number of ether oxygens (including phenoxy) is 1. The number of hydrogen-bond acceptors (Lipinski definition) is 6. The summed E-state index contributed by atoms with van der Waals surface area (Å²) < 4.78 is 20.6. The summed E-state index contributed by atoms with van der Waals surface area (Å²) in [5, 5.41) is 5.60. The molecule has 3 aliphatic heterocycles. The highest BCUT2D eigenvalue weighted by molar-refractivity contribution is 6.06. The molecule has 0 aliphatic carbocycles. The van der Waals surface area contributed by atoms with Crippen LogP contribution in [0.25, 0.3) is 0 Å². The topological polar surface area (TPSA) is 91.0 Å². The fourth-order valence-corrected chi connectivity index (χ4v) is 4.83. The van der Waals surface area contributed by atoms with Crippen LogP contribution < -0.4 is 10.6 Å². The number of piperidine rings is 1. The van der Waals surface area contributed by atoms with Crippen molar-refractivity contribution in [2.24, 2.45) is 0 Å². The number of carbonyl (C=O) groups excluding carboxylic acids is 3. The van der Waals surface area contributed by atoms with Crippen molar-refractivity contribution >= 4 is 23.4 Å². The van der Waals surface area contributed by atoms with Crippen LogP contribution in [0.5, 0.6) is 0 Å². The molecule has 178 valence electrons. The second-order valence-electron chi connectivity index (χ2n) is 8.86. The van der Waals surface area contributed by atoms with Crippen molar-refractivity contribution in [3.8, 4) is 0 Å². The van der Waals surface area contributed by atoms with Crippen molar-refractivity contribution in [2.75, 3.05) is 31.6 Å². The molecule has 2 saturated heterocycles. The van der Waals surface area contributed by atoms with Crippen molar-refractivity contribution in [2.45, 2.75) is 38.5 Å². The lowest BCUT2D eigenvalue weighted by molar-refractivity contribution is -0.136. The zero-order valence-corrected chi connectivity index (χ0v) is 18.8. The van der Waals surface area contributed by atoms with Crippen molar-refractivity contribution in [3.63, 3.8) is 0 Å². The van der Waals surface area contributed by atoms with E-state index in [2.05, 4.69) is 15.5 Å². The third-order valence-electron chi connectivity index (χ3n) is 6.71. The highest BCUT2D eigenvalue weighted by atomic mass is 19.1. The molecule has 0 radical (unpaired) electrons. The zero-order chi connectivity index (χ0) is 23.7. The fraction of sp³-hybridized carbons (Fsp3) is 0.400. The van der Waals surface area contributed by atoms with Gasteiger partial charge in [-0.1, -0.05) is 24.3 Å². The Labute approximate surface area is 197 Å². The Morgan fingerprint density at radius 1 is 1.06 bits per heavy atom. The minimum atomic E-state index is -0.667. The molecule has 8 nitrogen and oxygen atoms in total. The molecule has 0 aromatic heterocycles. The molecule has 3 aliphatic rings. The van der Waals surface area contributed by atoms with Gasteiger partial charge in [0.15, 0.2) is 0 Å². The maximum atomic E-state index is 15.2. The summed E-state index contributed by atoms with van der Waals surface area (Å²) in [4.78, 5) is 40.5. The summed E-state index contributed by atoms with van der Waals surface area (Å²) in [5.74, 6) is -1.21. The van der Waals surface area contributed by atoms with Crippen molar-refractivity contribution in [1.29, 1.82) is 0 Å². The van der Waals surface area contributed by atoms with Gasteiger partial charge in [-0.15, -0.1) is 0 Å². The Bertz CT molecular complexity index is 1130. The van der Waals surface area contributed by atoms with Gasteiger partial charge in [0, 0.05) is 67.1 Å². The molecule has 9 heteroatoms. The third-order valence-corrected chi connectivity index (χ3v) is 6.71. The molecule has 3 amide bonds. The fourth-order valence-electron chi connectivity index (χ4n) is 4.83. The Balaban J connectivity index is 1.30. The van der Waals surface area contributed by atoms with E-state index in [4.69, 9.17) is 4.74 Å². The summed E-state index contributed by atoms with van der Waals surface area (Å²) >= 11 is 0. The summed E-state index contributed by atoms with van der Waals surface area (Å²) in [6.07, 6.45) is 0.524. The SMILES string of the molecule is O=C1CCC(N2Cc3c(NCc4cccc(CN5CCOCC5)c4F)cccc3C2=O)C(=O)N1. The molecule has 3 heterocycles. The van der Waals surface area contributed by atoms with Gasteiger partial charge >= 0.3 is 0 Å². The number of rotatable bonds is 6. The molecule has 0 spiro atoms. The quantitative estimate of drug-likeness (QED) is 0.634. The van der Waals surface area contributed by atoms with E-state index in [0.29, 0.717) is 42.9 Å². The normalized spacial score (nSPS) is 20.9. The van der Waals surface area contributed by atoms with Gasteiger partial charge < -0.3 is 15.0 Å². The molecular weight excluding hydrogens is 439 g/mol. The van der Waals surface area contributed by atoms with Crippen LogP contribution >= 0.6 is 0 Å². The predicted molar refractivity (Wildman–Crippen MR) is 122 cm³/mol. The first-order valence-corrected chi connectivity index (χ1v) is 11.6. The van der Waals surface area contributed by atoms with Crippen molar-refractivity contribution in [1.82, 2.24) is 15.1 Å². The Hall–Kier alpha value is -3.30. The molecular formula is C25H27FN4O4. The number of carbonyl (C=O) groups is 3. The number of imide groups is 1. The van der Waals surface area contributed by atoms with Gasteiger partial charge in [0.25, 0.3) is 5.91 Å². The first kappa shape index (κ1) is 22.5. The molecule has 2 N–H and O–H groups in total. The first-order chi connectivity index (χ1) is 16.5. The highest BCUT2D eigenvalue weighted by Crippen LogP contribution is 2.32. The highest BCUT2D eigenvalue weighted by Gasteiger charge is 2.39. The van der Waals surface area contributed by atoms with Crippen molar-refractivity contribution in [3.05, 3.63) is 64.5 Å². The average molecular weight is 467 g/mol. The molecule has 2 aromatic carbocycles. The minimum Gasteiger partial charge on any atom is -0.381 e. The number of morpholine rings is 1. The standard InChI is InChI=1S/C25H27FN4O4/c26-23-16(3-1-4-17(23)14-29-9-11-34-12-10-29)13-27-20-6-2-5-18-19(20)15-30(25(18)33)21-7-8-22(31)28-24(21)32/h1-6,21,27H,7-15H2,(H,28,31,32). The molecule has 2 fully saturated rings. The zero-order valence-electron chi connectivity index (χ0n) is 18.8. The number of anilines is 1. The van der Waals surface area contributed by atoms with E-state index in [1.807, 2.05) is 18.2 Å². The molecule has 1 unspecified atom stereocenters. The summed E-state index contributed by atoms with van der Waals surface area (Å²) in [6.45, 7) is 3.98. The van der Waals surface area contributed by atoms with Crippen molar-refractivity contribution < 1.29 is 23.5 Å². The lowest BCUT2D eigenvalue weighted by Gasteiger charge is -2.29. The monoisotopic (exact) mass is 466 g/mol. The van der Waals surface area contributed by atoms with Gasteiger partial charge in [0.2, 0.25) is 11.8 Å². The lowest BCUT2D eigenvalue weighted by Crippen LogP contribution is -2.52. The maximum absolute atomic E-state index is 15.2. The van der Waals surface area contributed by atoms with E-state index in [1.54, 1.807) is 18.2 Å². The first-order valence-electron chi connectivity index (χ1n) is 11.6. The number of nitrogens with zero attached hydrogens (tertiary/aromatic N) is 2. The summed E-state index contributed by atoms with van der Waals surface area (Å²) in [7, 11) is 0. The molecule has 0 saturated carbocycles. The van der Waals surface area contributed by atoms with Crippen LogP contribution in [0.2, 0.25) is 0 Å². The van der Waals surface area contributed by atoms with Crippen LogP contribution in [-0.2, 0) is 34.0 Å². The number of hydrogen-bond donors (Lipinski definition) is 2. The van der Waals surface area contributed by atoms with Gasteiger partial charge in [-0.3, -0.25) is 24.6 Å². The average Bonchev–Trinajstić information content (AvgIpc) is 3.17. The van der Waals surface area contributed by atoms with Crippen LogP contribution in [-0.4, -0.2) is 59.9 Å². The minimum absolute atomic E-state index is 0.210. The smallest absolute Gasteiger partial charge is 0.255 e. The third kappa shape index (κ3) is 4.41. The summed E-state index contributed by atoms with van der Waals surface area (Å²) in [6, 6.07) is 10.1. The van der Waals surface area contributed by atoms with Gasteiger partial charge in [-0.2, -0.15) is 0 Å². The Morgan fingerprint density at radius 3 is 2.62 bits per heavy atom. The molecule has 1 atom stereocenters. The molecule has 34 heavy (non-hydrogen) atoms. The predicted octanol–water partition coefficient (Wildman–Crippen LogP) is 2.03. The molecule has 5 rings (SSSR count). The van der Waals surface area contributed by atoms with Crippen LogP contribution in [0.15, 0.2) is 36.4 Å². The second kappa shape index (κ2) is 9.52. The number of fused-ring (bicyclic) bond motifs is 1. The Morgan fingerprint density at radius 2 is 1.82 bits per heavy atom. The van der Waals surface area contributed by atoms with Crippen LogP contribution in [0.4, 0.5) is 10.1 Å². The van der Waals surface area contributed by atoms with E-state index in [1.165, 1.54) is 4.90 Å². The molecule has 0 bridgehead atoms. The van der Waals surface area contributed by atoms with Crippen LogP contribution in [0.3, 0.4) is 0 Å². The van der Waals surface area contributed by atoms with Gasteiger partial charge in [0.05, 0.1) is 13.2 Å². The maximum Gasteiger partial charge on any atom is 0.255 e. The molecule has 2 aromatic rings. The van der Waals surface area contributed by atoms with E-state index in [9.17, 15) is 14.4 Å². The Kier molecular flexibility index (Phi) is 6.30. The van der Waals surface area contributed by atoms with E-state index in [0.717, 1.165) is 24.3 Å².